The molecule has 0 saturated carbocycles. The minimum absolute atomic E-state index is 0.451. The highest BCUT2D eigenvalue weighted by molar-refractivity contribution is 5.87. The van der Waals surface area contributed by atoms with Gasteiger partial charge in [-0.3, -0.25) is 4.90 Å². The maximum absolute atomic E-state index is 12.4. The summed E-state index contributed by atoms with van der Waals surface area (Å²) in [5.74, 6) is 1.11. The van der Waals surface area contributed by atoms with E-state index in [-0.39, 0.29) is 0 Å². The van der Waals surface area contributed by atoms with Gasteiger partial charge in [-0.1, -0.05) is 36.4 Å². The quantitative estimate of drug-likeness (QED) is 0.697. The second-order valence-corrected chi connectivity index (χ2v) is 6.56. The average molecular weight is 359 g/mol. The molecule has 2 heterocycles. The van der Waals surface area contributed by atoms with Crippen LogP contribution in [0.3, 0.4) is 0 Å². The monoisotopic (exact) mass is 359 g/mol. The first kappa shape index (κ1) is 17.1. The number of anilines is 2. The van der Waals surface area contributed by atoms with Crippen molar-refractivity contribution in [3.8, 4) is 5.75 Å². The number of carbonyl (C=O) groups is 1. The number of pyridine rings is 1. The summed E-state index contributed by atoms with van der Waals surface area (Å²) in [5.41, 5.74) is 3.70. The van der Waals surface area contributed by atoms with Crippen LogP contribution >= 0.6 is 0 Å². The summed E-state index contributed by atoms with van der Waals surface area (Å²) in [6.45, 7) is 1.85. The van der Waals surface area contributed by atoms with Crippen LogP contribution in [0.1, 0.15) is 11.1 Å². The van der Waals surface area contributed by atoms with Crippen LogP contribution in [0.5, 0.6) is 5.75 Å². The number of nitrogens with zero attached hydrogens (tertiary/aromatic N) is 3. The van der Waals surface area contributed by atoms with E-state index in [1.807, 2.05) is 36.4 Å². The number of carbonyl (C=O) groups excluding carboxylic acids is 1. The molecule has 1 amide bonds. The third-order valence-corrected chi connectivity index (χ3v) is 4.73. The van der Waals surface area contributed by atoms with Crippen LogP contribution in [0.25, 0.3) is 0 Å². The molecule has 0 radical (unpaired) electrons. The van der Waals surface area contributed by atoms with Gasteiger partial charge in [0.25, 0.3) is 0 Å². The Labute approximate surface area is 158 Å². The Balaban J connectivity index is 1.45. The molecule has 0 saturated heterocycles. The van der Waals surface area contributed by atoms with E-state index in [1.165, 1.54) is 21.7 Å². The Hall–Kier alpha value is -3.34. The van der Waals surface area contributed by atoms with E-state index in [1.54, 1.807) is 19.3 Å². The van der Waals surface area contributed by atoms with Crippen molar-refractivity contribution in [2.24, 2.45) is 0 Å². The summed E-state index contributed by atoms with van der Waals surface area (Å²) >= 11 is 0. The fraction of sp³-hybridized carbons (Fsp3) is 0.182. The van der Waals surface area contributed by atoms with Crippen molar-refractivity contribution >= 4 is 17.6 Å². The Morgan fingerprint density at radius 1 is 1.11 bits per heavy atom. The second kappa shape index (κ2) is 7.50. The van der Waals surface area contributed by atoms with E-state index in [9.17, 15) is 4.79 Å². The predicted octanol–water partition coefficient (Wildman–Crippen LogP) is 4.28. The Morgan fingerprint density at radius 2 is 1.93 bits per heavy atom. The van der Waals surface area contributed by atoms with Crippen LogP contribution in [0, 0.1) is 0 Å². The highest BCUT2D eigenvalue weighted by atomic mass is 16.6. The summed E-state index contributed by atoms with van der Waals surface area (Å²) in [7, 11) is 1.65. The van der Waals surface area contributed by atoms with Gasteiger partial charge in [-0.2, -0.15) is 0 Å². The summed E-state index contributed by atoms with van der Waals surface area (Å²) in [6, 6.07) is 21.7. The van der Waals surface area contributed by atoms with Gasteiger partial charge in [-0.05, 0) is 47.9 Å². The smallest absolute Gasteiger partial charge is 0.410 e. The lowest BCUT2D eigenvalue weighted by Crippen LogP contribution is -2.30. The van der Waals surface area contributed by atoms with E-state index in [0.29, 0.717) is 11.6 Å². The number of rotatable bonds is 4. The van der Waals surface area contributed by atoms with Crippen LogP contribution in [0.2, 0.25) is 0 Å². The number of ether oxygens (including phenoxy) is 1. The third-order valence-electron chi connectivity index (χ3n) is 4.73. The van der Waals surface area contributed by atoms with Crippen LogP contribution in [0.4, 0.5) is 16.3 Å². The van der Waals surface area contributed by atoms with Crippen LogP contribution < -0.4 is 14.5 Å². The topological polar surface area (TPSA) is 45.7 Å². The first-order chi connectivity index (χ1) is 13.2. The number of amides is 1. The number of fused-ring (bicyclic) bond motifs is 1. The van der Waals surface area contributed by atoms with Gasteiger partial charge in [-0.15, -0.1) is 0 Å². The third kappa shape index (κ3) is 3.77. The molecule has 0 aliphatic carbocycles. The zero-order valence-corrected chi connectivity index (χ0v) is 15.2. The van der Waals surface area contributed by atoms with E-state index in [0.717, 1.165) is 19.5 Å². The minimum atomic E-state index is -0.451. The lowest BCUT2D eigenvalue weighted by molar-refractivity contribution is 0.209. The summed E-state index contributed by atoms with van der Waals surface area (Å²) in [6.07, 6.45) is 2.15. The van der Waals surface area contributed by atoms with Crippen molar-refractivity contribution in [1.82, 2.24) is 4.98 Å². The van der Waals surface area contributed by atoms with Gasteiger partial charge in [0, 0.05) is 32.0 Å². The van der Waals surface area contributed by atoms with E-state index < -0.39 is 6.09 Å². The molecule has 0 atom stereocenters. The van der Waals surface area contributed by atoms with Crippen LogP contribution in [-0.4, -0.2) is 24.7 Å². The van der Waals surface area contributed by atoms with Gasteiger partial charge in [0.15, 0.2) is 0 Å². The van der Waals surface area contributed by atoms with Gasteiger partial charge >= 0.3 is 6.09 Å². The molecule has 0 fully saturated rings. The Morgan fingerprint density at radius 3 is 2.70 bits per heavy atom. The number of hydrogen-bond donors (Lipinski definition) is 0. The lowest BCUT2D eigenvalue weighted by Gasteiger charge is -2.20. The number of benzene rings is 2. The maximum Gasteiger partial charge on any atom is 0.420 e. The molecule has 4 rings (SSSR count). The summed E-state index contributed by atoms with van der Waals surface area (Å²) in [4.78, 5) is 20.3. The summed E-state index contributed by atoms with van der Waals surface area (Å²) < 4.78 is 5.54. The minimum Gasteiger partial charge on any atom is -0.410 e. The van der Waals surface area contributed by atoms with E-state index in [4.69, 9.17) is 4.74 Å². The molecule has 0 N–H and O–H groups in total. The molecular weight excluding hydrogens is 338 g/mol. The molecule has 0 bridgehead atoms. The fourth-order valence-corrected chi connectivity index (χ4v) is 3.29. The summed E-state index contributed by atoms with van der Waals surface area (Å²) in [5, 5.41) is 0. The molecule has 5 heteroatoms. The number of hydrogen-bond acceptors (Lipinski definition) is 4. The first-order valence-electron chi connectivity index (χ1n) is 8.99. The van der Waals surface area contributed by atoms with Crippen molar-refractivity contribution in [3.63, 3.8) is 0 Å². The molecule has 2 aromatic carbocycles. The molecule has 1 aliphatic rings. The zero-order chi connectivity index (χ0) is 18.6. The van der Waals surface area contributed by atoms with Gasteiger partial charge in [0.2, 0.25) is 0 Å². The molecule has 1 aromatic heterocycles. The number of aromatic nitrogens is 1. The van der Waals surface area contributed by atoms with Crippen molar-refractivity contribution < 1.29 is 9.53 Å². The van der Waals surface area contributed by atoms with Crippen LogP contribution in [-0.2, 0) is 13.0 Å². The van der Waals surface area contributed by atoms with E-state index >= 15 is 0 Å². The standard InChI is InChI=1S/C22H21N3O2/c1-24(21-9-5-6-13-23-21)22(26)27-19-10-11-20-18(15-19)12-14-25(20)16-17-7-3-2-4-8-17/h2-11,13,15H,12,14,16H2,1H3. The molecular formula is C22H21N3O2. The first-order valence-corrected chi connectivity index (χ1v) is 8.99. The van der Waals surface area contributed by atoms with Crippen molar-refractivity contribution in [2.75, 3.05) is 23.4 Å². The Bertz CT molecular complexity index is 929. The highest BCUT2D eigenvalue weighted by Crippen LogP contribution is 2.32. The molecule has 27 heavy (non-hydrogen) atoms. The Kier molecular flexibility index (Phi) is 4.75. The maximum atomic E-state index is 12.4. The van der Waals surface area contributed by atoms with Gasteiger partial charge in [0.1, 0.15) is 11.6 Å². The highest BCUT2D eigenvalue weighted by Gasteiger charge is 2.21. The van der Waals surface area contributed by atoms with Crippen molar-refractivity contribution in [1.29, 1.82) is 0 Å². The van der Waals surface area contributed by atoms with Crippen LogP contribution in [0.15, 0.2) is 72.9 Å². The van der Waals surface area contributed by atoms with E-state index in [2.05, 4.69) is 34.1 Å². The fourth-order valence-electron chi connectivity index (χ4n) is 3.29. The van der Waals surface area contributed by atoms with Crippen molar-refractivity contribution in [2.45, 2.75) is 13.0 Å². The molecule has 136 valence electrons. The molecule has 1 aliphatic heterocycles. The molecule has 5 nitrogen and oxygen atoms in total. The molecule has 3 aromatic rings. The normalized spacial score (nSPS) is 12.6. The van der Waals surface area contributed by atoms with Gasteiger partial charge in [0.05, 0.1) is 0 Å². The molecule has 0 spiro atoms. The predicted molar refractivity (Wildman–Crippen MR) is 106 cm³/mol. The molecule has 0 unspecified atom stereocenters. The average Bonchev–Trinajstić information content (AvgIpc) is 3.11. The van der Waals surface area contributed by atoms with Gasteiger partial charge < -0.3 is 9.64 Å². The SMILES string of the molecule is CN(C(=O)Oc1ccc2c(c1)CCN2Cc1ccccc1)c1ccccn1. The van der Waals surface area contributed by atoms with Crippen molar-refractivity contribution in [3.05, 3.63) is 84.1 Å². The lowest BCUT2D eigenvalue weighted by atomic mass is 10.1. The largest absolute Gasteiger partial charge is 0.420 e. The zero-order valence-electron chi connectivity index (χ0n) is 15.2. The van der Waals surface area contributed by atoms with Gasteiger partial charge in [-0.25, -0.2) is 9.78 Å². The second-order valence-electron chi connectivity index (χ2n) is 6.56.